The van der Waals surface area contributed by atoms with Crippen LogP contribution >= 0.6 is 11.8 Å². The van der Waals surface area contributed by atoms with Crippen molar-refractivity contribution in [1.82, 2.24) is 0 Å². The lowest BCUT2D eigenvalue weighted by Crippen LogP contribution is -2.12. The average molecular weight is 409 g/mol. The summed E-state index contributed by atoms with van der Waals surface area (Å²) in [6.07, 6.45) is 1.85. The minimum absolute atomic E-state index is 0.0996. The first-order valence-corrected chi connectivity index (χ1v) is 10.1. The highest BCUT2D eigenvalue weighted by molar-refractivity contribution is 8.18. The Morgan fingerprint density at radius 3 is 2.48 bits per heavy atom. The molecule has 0 saturated carbocycles. The Balaban J connectivity index is 2.01. The quantitative estimate of drug-likeness (QED) is 0.684. The van der Waals surface area contributed by atoms with Gasteiger partial charge in [-0.05, 0) is 49.2 Å². The fourth-order valence-electron chi connectivity index (χ4n) is 2.81. The number of hydrogen-bond acceptors (Lipinski definition) is 6. The van der Waals surface area contributed by atoms with Gasteiger partial charge in [-0.2, -0.15) is 0 Å². The first kappa shape index (κ1) is 20.7. The summed E-state index contributed by atoms with van der Waals surface area (Å²) in [5.74, 6) is -0.673. The fraction of sp³-hybridized carbons (Fsp3) is 0.217. The first-order chi connectivity index (χ1) is 13.9. The Kier molecular flexibility index (Phi) is 6.44. The SMILES string of the molecule is CCOC(=O)C1=C(O)/C(=C\c2ccc(N(C)C)cc2)SC1=Nc1ccccc1C. The van der Waals surface area contributed by atoms with E-state index in [9.17, 15) is 9.90 Å². The van der Waals surface area contributed by atoms with E-state index in [0.717, 1.165) is 22.5 Å². The van der Waals surface area contributed by atoms with Crippen LogP contribution in [0.3, 0.4) is 0 Å². The highest BCUT2D eigenvalue weighted by atomic mass is 32.2. The van der Waals surface area contributed by atoms with Crippen LogP contribution in [0.25, 0.3) is 6.08 Å². The monoisotopic (exact) mass is 408 g/mol. The number of rotatable bonds is 5. The first-order valence-electron chi connectivity index (χ1n) is 9.33. The Labute approximate surface area is 175 Å². The molecule has 29 heavy (non-hydrogen) atoms. The third-order valence-corrected chi connectivity index (χ3v) is 5.43. The lowest BCUT2D eigenvalue weighted by atomic mass is 10.1. The smallest absolute Gasteiger partial charge is 0.344 e. The van der Waals surface area contributed by atoms with Gasteiger partial charge in [0.25, 0.3) is 0 Å². The van der Waals surface area contributed by atoms with E-state index in [1.54, 1.807) is 6.92 Å². The van der Waals surface area contributed by atoms with Crippen LogP contribution in [0.5, 0.6) is 0 Å². The molecule has 0 fully saturated rings. The summed E-state index contributed by atoms with van der Waals surface area (Å²) in [5.41, 5.74) is 3.85. The van der Waals surface area contributed by atoms with Gasteiger partial charge in [0, 0.05) is 19.8 Å². The van der Waals surface area contributed by atoms with Crippen LogP contribution < -0.4 is 4.90 Å². The topological polar surface area (TPSA) is 62.1 Å². The van der Waals surface area contributed by atoms with Crippen LogP contribution in [0.2, 0.25) is 0 Å². The number of ether oxygens (including phenoxy) is 1. The van der Waals surface area contributed by atoms with Gasteiger partial charge in [-0.1, -0.05) is 42.1 Å². The van der Waals surface area contributed by atoms with Crippen molar-refractivity contribution in [3.63, 3.8) is 0 Å². The molecule has 2 aromatic rings. The van der Waals surface area contributed by atoms with Crippen LogP contribution in [0, 0.1) is 6.92 Å². The Bertz CT molecular complexity index is 1010. The molecule has 0 spiro atoms. The minimum Gasteiger partial charge on any atom is -0.506 e. The van der Waals surface area contributed by atoms with E-state index in [-0.39, 0.29) is 17.9 Å². The largest absolute Gasteiger partial charge is 0.506 e. The number of aliphatic imine (C=N–C) groups is 1. The number of esters is 1. The molecular formula is C23H24N2O3S. The molecule has 1 aliphatic rings. The maximum atomic E-state index is 12.5. The van der Waals surface area contributed by atoms with Crippen LogP contribution in [0.4, 0.5) is 11.4 Å². The maximum absolute atomic E-state index is 12.5. The van der Waals surface area contributed by atoms with Crippen molar-refractivity contribution in [3.8, 4) is 0 Å². The maximum Gasteiger partial charge on any atom is 0.344 e. The molecule has 0 aliphatic carbocycles. The zero-order valence-corrected chi connectivity index (χ0v) is 17.8. The molecular weight excluding hydrogens is 384 g/mol. The van der Waals surface area contributed by atoms with Crippen molar-refractivity contribution >= 4 is 40.2 Å². The molecule has 1 heterocycles. The van der Waals surface area contributed by atoms with Crippen molar-refractivity contribution in [1.29, 1.82) is 0 Å². The zero-order chi connectivity index (χ0) is 21.0. The van der Waals surface area contributed by atoms with Crippen LogP contribution in [0.15, 0.2) is 69.8 Å². The van der Waals surface area contributed by atoms with E-state index < -0.39 is 5.97 Å². The normalized spacial score (nSPS) is 16.6. The lowest BCUT2D eigenvalue weighted by Gasteiger charge is -2.11. The second kappa shape index (κ2) is 9.01. The second-order valence-electron chi connectivity index (χ2n) is 6.74. The Hall–Kier alpha value is -2.99. The Morgan fingerprint density at radius 1 is 1.17 bits per heavy atom. The molecule has 1 N–H and O–H groups in total. The number of para-hydroxylation sites is 1. The molecule has 3 rings (SSSR count). The van der Waals surface area contributed by atoms with Gasteiger partial charge in [0.1, 0.15) is 16.4 Å². The van der Waals surface area contributed by atoms with Crippen molar-refractivity contribution in [2.75, 3.05) is 25.6 Å². The third kappa shape index (κ3) is 4.71. The third-order valence-electron chi connectivity index (χ3n) is 4.41. The second-order valence-corrected chi connectivity index (χ2v) is 7.77. The summed E-state index contributed by atoms with van der Waals surface area (Å²) < 4.78 is 5.15. The standard InChI is InChI=1S/C23H24N2O3S/c1-5-28-23(27)20-21(26)19(14-16-10-12-17(13-11-16)25(3)4)29-22(20)24-18-9-7-6-8-15(18)2/h6-14,26H,5H2,1-4H3/b19-14+,24-22?. The van der Waals surface area contributed by atoms with Gasteiger partial charge < -0.3 is 14.7 Å². The van der Waals surface area contributed by atoms with Gasteiger partial charge in [-0.3, -0.25) is 0 Å². The van der Waals surface area contributed by atoms with E-state index in [0.29, 0.717) is 9.95 Å². The number of hydrogen-bond donors (Lipinski definition) is 1. The van der Waals surface area contributed by atoms with Gasteiger partial charge in [-0.25, -0.2) is 9.79 Å². The van der Waals surface area contributed by atoms with E-state index in [2.05, 4.69) is 4.99 Å². The zero-order valence-electron chi connectivity index (χ0n) is 17.0. The summed E-state index contributed by atoms with van der Waals surface area (Å²) in [7, 11) is 3.96. The molecule has 2 aromatic carbocycles. The number of thioether (sulfide) groups is 1. The molecule has 0 saturated heterocycles. The molecule has 0 atom stereocenters. The van der Waals surface area contributed by atoms with Crippen LogP contribution in [-0.2, 0) is 9.53 Å². The summed E-state index contributed by atoms with van der Waals surface area (Å²) in [4.78, 5) is 19.7. The molecule has 1 aliphatic heterocycles. The number of carbonyl (C=O) groups excluding carboxylic acids is 1. The summed E-state index contributed by atoms with van der Waals surface area (Å²) >= 11 is 1.27. The van der Waals surface area contributed by atoms with Crippen LogP contribution in [0.1, 0.15) is 18.1 Å². The van der Waals surface area contributed by atoms with Gasteiger partial charge in [0.15, 0.2) is 0 Å². The number of benzene rings is 2. The van der Waals surface area contributed by atoms with Gasteiger partial charge in [0.05, 0.1) is 17.2 Å². The van der Waals surface area contributed by atoms with E-state index in [1.807, 2.05) is 80.5 Å². The molecule has 0 unspecified atom stereocenters. The highest BCUT2D eigenvalue weighted by Crippen LogP contribution is 2.40. The number of carbonyl (C=O) groups is 1. The number of nitrogens with zero attached hydrogens (tertiary/aromatic N) is 2. The summed E-state index contributed by atoms with van der Waals surface area (Å²) in [5, 5.41) is 11.2. The number of aliphatic hydroxyl groups excluding tert-OH is 1. The number of anilines is 1. The summed E-state index contributed by atoms with van der Waals surface area (Å²) in [6, 6.07) is 15.6. The highest BCUT2D eigenvalue weighted by Gasteiger charge is 2.33. The van der Waals surface area contributed by atoms with E-state index >= 15 is 0 Å². The van der Waals surface area contributed by atoms with E-state index in [4.69, 9.17) is 4.74 Å². The van der Waals surface area contributed by atoms with E-state index in [1.165, 1.54) is 11.8 Å². The molecule has 0 amide bonds. The Morgan fingerprint density at radius 2 is 1.86 bits per heavy atom. The van der Waals surface area contributed by atoms with Gasteiger partial charge in [0.2, 0.25) is 0 Å². The van der Waals surface area contributed by atoms with Gasteiger partial charge >= 0.3 is 5.97 Å². The van der Waals surface area contributed by atoms with Gasteiger partial charge in [-0.15, -0.1) is 0 Å². The molecule has 0 radical (unpaired) electrons. The number of aliphatic hydroxyl groups is 1. The molecule has 5 nitrogen and oxygen atoms in total. The predicted octanol–water partition coefficient (Wildman–Crippen LogP) is 5.25. The molecule has 6 heteroatoms. The predicted molar refractivity (Wildman–Crippen MR) is 121 cm³/mol. The molecule has 150 valence electrons. The number of aryl methyl sites for hydroxylation is 1. The summed E-state index contributed by atoms with van der Waals surface area (Å²) in [6.45, 7) is 3.91. The van der Waals surface area contributed by atoms with Crippen molar-refractivity contribution < 1.29 is 14.6 Å². The molecule has 0 bridgehead atoms. The van der Waals surface area contributed by atoms with Crippen molar-refractivity contribution in [2.24, 2.45) is 4.99 Å². The van der Waals surface area contributed by atoms with Crippen LogP contribution in [-0.4, -0.2) is 36.8 Å². The lowest BCUT2D eigenvalue weighted by molar-refractivity contribution is -0.138. The minimum atomic E-state index is -0.573. The molecule has 0 aromatic heterocycles. The fourth-order valence-corrected chi connectivity index (χ4v) is 3.84. The average Bonchev–Trinajstić information content (AvgIpc) is 2.99. The van der Waals surface area contributed by atoms with Crippen molar-refractivity contribution in [3.05, 3.63) is 75.9 Å². The van der Waals surface area contributed by atoms with Crippen molar-refractivity contribution in [2.45, 2.75) is 13.8 Å².